The van der Waals surface area contributed by atoms with Gasteiger partial charge in [0.2, 0.25) is 11.8 Å². The van der Waals surface area contributed by atoms with E-state index in [2.05, 4.69) is 22.7 Å². The Hall–Kier alpha value is -1.85. The Morgan fingerprint density at radius 3 is 2.57 bits per heavy atom. The average Bonchev–Trinajstić information content (AvgIpc) is 2.74. The number of hydrogen-bond acceptors (Lipinski definition) is 3. The van der Waals surface area contributed by atoms with Crippen LogP contribution in [-0.2, 0) is 16.1 Å². The number of nitrogens with one attached hydrogen (secondary N) is 2. The Bertz CT molecular complexity index is 494. The summed E-state index contributed by atoms with van der Waals surface area (Å²) in [7, 11) is 0. The SMILES string of the molecule is CCCCn1ncc(C)c1NC(=O)C(NC(C)=O)C(C)C. The van der Waals surface area contributed by atoms with E-state index < -0.39 is 6.04 Å². The zero-order chi connectivity index (χ0) is 16.0. The van der Waals surface area contributed by atoms with Gasteiger partial charge in [0.1, 0.15) is 11.9 Å². The molecule has 6 heteroatoms. The van der Waals surface area contributed by atoms with Crippen LogP contribution in [0.1, 0.15) is 46.1 Å². The molecule has 0 spiro atoms. The van der Waals surface area contributed by atoms with Crippen LogP contribution in [0.25, 0.3) is 0 Å². The number of carbonyl (C=O) groups is 2. The topological polar surface area (TPSA) is 76.0 Å². The third kappa shape index (κ3) is 4.88. The van der Waals surface area contributed by atoms with Crippen LogP contribution in [-0.4, -0.2) is 27.6 Å². The molecule has 0 saturated heterocycles. The van der Waals surface area contributed by atoms with Gasteiger partial charge in [-0.2, -0.15) is 5.10 Å². The van der Waals surface area contributed by atoms with Crippen LogP contribution in [0.4, 0.5) is 5.82 Å². The third-order valence-electron chi connectivity index (χ3n) is 3.30. The second-order valence-electron chi connectivity index (χ2n) is 5.66. The molecule has 1 rings (SSSR count). The standard InChI is InChI=1S/C15H26N4O2/c1-6-7-8-19-14(11(4)9-16-19)18-15(21)13(10(2)3)17-12(5)20/h9-10,13H,6-8H2,1-5H3,(H,17,20)(H,18,21). The van der Waals surface area contributed by atoms with E-state index in [0.717, 1.165) is 24.9 Å². The fraction of sp³-hybridized carbons (Fsp3) is 0.667. The van der Waals surface area contributed by atoms with Gasteiger partial charge < -0.3 is 10.6 Å². The van der Waals surface area contributed by atoms with Crippen LogP contribution < -0.4 is 10.6 Å². The van der Waals surface area contributed by atoms with Crippen LogP contribution >= 0.6 is 0 Å². The molecule has 2 amide bonds. The summed E-state index contributed by atoms with van der Waals surface area (Å²) in [5.41, 5.74) is 0.921. The number of carbonyl (C=O) groups excluding carboxylic acids is 2. The van der Waals surface area contributed by atoms with Crippen molar-refractivity contribution >= 4 is 17.6 Å². The fourth-order valence-corrected chi connectivity index (χ4v) is 2.07. The van der Waals surface area contributed by atoms with Gasteiger partial charge in [0, 0.05) is 19.0 Å². The number of anilines is 1. The summed E-state index contributed by atoms with van der Waals surface area (Å²) in [6.07, 6.45) is 3.81. The molecule has 6 nitrogen and oxygen atoms in total. The summed E-state index contributed by atoms with van der Waals surface area (Å²) < 4.78 is 1.81. The summed E-state index contributed by atoms with van der Waals surface area (Å²) in [6, 6.07) is -0.545. The molecule has 1 aromatic rings. The molecule has 0 radical (unpaired) electrons. The van der Waals surface area contributed by atoms with Gasteiger partial charge in [0.25, 0.3) is 0 Å². The highest BCUT2D eigenvalue weighted by Gasteiger charge is 2.24. The highest BCUT2D eigenvalue weighted by molar-refractivity contribution is 5.97. The molecule has 118 valence electrons. The molecule has 0 aromatic carbocycles. The van der Waals surface area contributed by atoms with Gasteiger partial charge in [0.15, 0.2) is 0 Å². The van der Waals surface area contributed by atoms with Crippen molar-refractivity contribution in [3.63, 3.8) is 0 Å². The zero-order valence-corrected chi connectivity index (χ0v) is 13.6. The molecule has 0 aliphatic heterocycles. The minimum absolute atomic E-state index is 0.0150. The Labute approximate surface area is 126 Å². The van der Waals surface area contributed by atoms with Crippen molar-refractivity contribution in [2.75, 3.05) is 5.32 Å². The highest BCUT2D eigenvalue weighted by Crippen LogP contribution is 2.16. The first-order valence-electron chi connectivity index (χ1n) is 7.47. The van der Waals surface area contributed by atoms with Crippen molar-refractivity contribution in [3.05, 3.63) is 11.8 Å². The van der Waals surface area contributed by atoms with Crippen molar-refractivity contribution in [1.29, 1.82) is 0 Å². The van der Waals surface area contributed by atoms with E-state index in [1.54, 1.807) is 6.20 Å². The van der Waals surface area contributed by atoms with E-state index in [4.69, 9.17) is 0 Å². The van der Waals surface area contributed by atoms with Gasteiger partial charge in [-0.1, -0.05) is 27.2 Å². The van der Waals surface area contributed by atoms with Crippen LogP contribution in [0.5, 0.6) is 0 Å². The van der Waals surface area contributed by atoms with Crippen LogP contribution in [0.2, 0.25) is 0 Å². The van der Waals surface area contributed by atoms with Gasteiger partial charge in [-0.15, -0.1) is 0 Å². The van der Waals surface area contributed by atoms with E-state index in [-0.39, 0.29) is 17.7 Å². The molecule has 21 heavy (non-hydrogen) atoms. The van der Waals surface area contributed by atoms with E-state index in [1.165, 1.54) is 6.92 Å². The molecular weight excluding hydrogens is 268 g/mol. The van der Waals surface area contributed by atoms with Crippen molar-refractivity contribution in [2.45, 2.75) is 60.0 Å². The normalized spacial score (nSPS) is 12.3. The zero-order valence-electron chi connectivity index (χ0n) is 13.6. The highest BCUT2D eigenvalue weighted by atomic mass is 16.2. The molecule has 2 N–H and O–H groups in total. The van der Waals surface area contributed by atoms with Crippen LogP contribution in [0.3, 0.4) is 0 Å². The van der Waals surface area contributed by atoms with Gasteiger partial charge >= 0.3 is 0 Å². The Morgan fingerprint density at radius 2 is 2.05 bits per heavy atom. The lowest BCUT2D eigenvalue weighted by Gasteiger charge is -2.21. The number of nitrogens with zero attached hydrogens (tertiary/aromatic N) is 2. The predicted octanol–water partition coefficient (Wildman–Crippen LogP) is 2.09. The smallest absolute Gasteiger partial charge is 0.248 e. The second-order valence-corrected chi connectivity index (χ2v) is 5.66. The summed E-state index contributed by atoms with van der Waals surface area (Å²) in [5.74, 6) is 0.312. The quantitative estimate of drug-likeness (QED) is 0.808. The van der Waals surface area contributed by atoms with E-state index in [9.17, 15) is 9.59 Å². The molecule has 1 unspecified atom stereocenters. The summed E-state index contributed by atoms with van der Waals surface area (Å²) in [6.45, 7) is 10.0. The molecule has 0 bridgehead atoms. The largest absolute Gasteiger partial charge is 0.344 e. The van der Waals surface area contributed by atoms with Crippen LogP contribution in [0.15, 0.2) is 6.20 Å². The van der Waals surface area contributed by atoms with Gasteiger partial charge in [0.05, 0.1) is 6.20 Å². The summed E-state index contributed by atoms with van der Waals surface area (Å²) >= 11 is 0. The molecule has 0 aliphatic rings. The maximum absolute atomic E-state index is 12.4. The predicted molar refractivity (Wildman–Crippen MR) is 82.9 cm³/mol. The molecule has 1 aromatic heterocycles. The molecule has 1 atom stereocenters. The average molecular weight is 294 g/mol. The lowest BCUT2D eigenvalue weighted by Crippen LogP contribution is -2.46. The van der Waals surface area contributed by atoms with E-state index in [1.807, 2.05) is 25.5 Å². The number of aryl methyl sites for hydroxylation is 2. The maximum Gasteiger partial charge on any atom is 0.248 e. The Balaban J connectivity index is 2.85. The van der Waals surface area contributed by atoms with Crippen molar-refractivity contribution in [2.24, 2.45) is 5.92 Å². The molecule has 1 heterocycles. The number of rotatable bonds is 7. The number of unbranched alkanes of at least 4 members (excludes halogenated alkanes) is 1. The number of aromatic nitrogens is 2. The minimum atomic E-state index is -0.545. The summed E-state index contributed by atoms with van der Waals surface area (Å²) in [5, 5.41) is 9.88. The number of hydrogen-bond donors (Lipinski definition) is 2. The first-order valence-corrected chi connectivity index (χ1v) is 7.47. The van der Waals surface area contributed by atoms with Crippen molar-refractivity contribution in [1.82, 2.24) is 15.1 Å². The van der Waals surface area contributed by atoms with E-state index >= 15 is 0 Å². The van der Waals surface area contributed by atoms with Crippen molar-refractivity contribution < 1.29 is 9.59 Å². The lowest BCUT2D eigenvalue weighted by molar-refractivity contribution is -0.126. The first-order chi connectivity index (χ1) is 9.86. The fourth-order valence-electron chi connectivity index (χ4n) is 2.07. The second kappa shape index (κ2) is 7.81. The molecular formula is C15H26N4O2. The molecule has 0 fully saturated rings. The Kier molecular flexibility index (Phi) is 6.39. The molecule has 0 saturated carbocycles. The van der Waals surface area contributed by atoms with Gasteiger partial charge in [-0.25, -0.2) is 4.68 Å². The van der Waals surface area contributed by atoms with Gasteiger partial charge in [-0.05, 0) is 19.3 Å². The monoisotopic (exact) mass is 294 g/mol. The van der Waals surface area contributed by atoms with Crippen molar-refractivity contribution in [3.8, 4) is 0 Å². The van der Waals surface area contributed by atoms with E-state index in [0.29, 0.717) is 5.82 Å². The first kappa shape index (κ1) is 17.2. The Morgan fingerprint density at radius 1 is 1.38 bits per heavy atom. The minimum Gasteiger partial charge on any atom is -0.344 e. The molecule has 0 aliphatic carbocycles. The summed E-state index contributed by atoms with van der Waals surface area (Å²) in [4.78, 5) is 23.6. The third-order valence-corrected chi connectivity index (χ3v) is 3.30. The number of amides is 2. The maximum atomic E-state index is 12.4. The van der Waals surface area contributed by atoms with Gasteiger partial charge in [-0.3, -0.25) is 9.59 Å². The van der Waals surface area contributed by atoms with Crippen LogP contribution in [0, 0.1) is 12.8 Å². The lowest BCUT2D eigenvalue weighted by atomic mass is 10.0.